The van der Waals surface area contributed by atoms with Crippen molar-refractivity contribution >= 4 is 22.8 Å². The molecule has 2 rings (SSSR count). The first-order valence-electron chi connectivity index (χ1n) is 4.99. The molecule has 0 aliphatic heterocycles. The molecule has 0 atom stereocenters. The molecule has 0 unspecified atom stereocenters. The van der Waals surface area contributed by atoms with Crippen LogP contribution in [-0.4, -0.2) is 24.0 Å². The number of fused-ring (bicyclic) bond motifs is 1. The Morgan fingerprint density at radius 3 is 2.71 bits per heavy atom. The second-order valence-corrected chi connectivity index (χ2v) is 3.50. The number of aromatic nitrogens is 1. The molecule has 0 aliphatic rings. The number of carbonyl (C=O) groups is 2. The van der Waals surface area contributed by atoms with Crippen LogP contribution in [-0.2, 0) is 9.53 Å². The van der Waals surface area contributed by atoms with Gasteiger partial charge in [0.2, 0.25) is 0 Å². The SMILES string of the molecule is COC(=O)c1ccc2[nH]cc(OC(C)=O)c2c1. The lowest BCUT2D eigenvalue weighted by molar-refractivity contribution is -0.131. The van der Waals surface area contributed by atoms with Crippen LogP contribution in [0.25, 0.3) is 10.9 Å². The zero-order valence-electron chi connectivity index (χ0n) is 9.44. The number of methoxy groups -OCH3 is 1. The second-order valence-electron chi connectivity index (χ2n) is 3.50. The van der Waals surface area contributed by atoms with Gasteiger partial charge in [0.15, 0.2) is 5.75 Å². The van der Waals surface area contributed by atoms with E-state index in [9.17, 15) is 9.59 Å². The van der Waals surface area contributed by atoms with Crippen LogP contribution in [0.5, 0.6) is 5.75 Å². The van der Waals surface area contributed by atoms with E-state index in [1.807, 2.05) is 0 Å². The first-order valence-corrected chi connectivity index (χ1v) is 4.99. The van der Waals surface area contributed by atoms with Crippen LogP contribution in [0.4, 0.5) is 0 Å². The van der Waals surface area contributed by atoms with Crippen molar-refractivity contribution < 1.29 is 19.1 Å². The van der Waals surface area contributed by atoms with Gasteiger partial charge in [0, 0.05) is 24.0 Å². The van der Waals surface area contributed by atoms with Crippen molar-refractivity contribution in [1.82, 2.24) is 4.98 Å². The van der Waals surface area contributed by atoms with E-state index in [2.05, 4.69) is 9.72 Å². The summed E-state index contributed by atoms with van der Waals surface area (Å²) in [6.45, 7) is 1.32. The van der Waals surface area contributed by atoms with Crippen molar-refractivity contribution in [2.24, 2.45) is 0 Å². The normalized spacial score (nSPS) is 10.2. The highest BCUT2D eigenvalue weighted by Gasteiger charge is 2.11. The Kier molecular flexibility index (Phi) is 2.82. The Morgan fingerprint density at radius 1 is 1.29 bits per heavy atom. The molecule has 0 spiro atoms. The van der Waals surface area contributed by atoms with Crippen molar-refractivity contribution in [1.29, 1.82) is 0 Å². The van der Waals surface area contributed by atoms with E-state index < -0.39 is 11.9 Å². The van der Waals surface area contributed by atoms with Gasteiger partial charge < -0.3 is 14.5 Å². The van der Waals surface area contributed by atoms with Crippen LogP contribution >= 0.6 is 0 Å². The number of rotatable bonds is 2. The van der Waals surface area contributed by atoms with Gasteiger partial charge in [-0.15, -0.1) is 0 Å². The molecule has 0 saturated carbocycles. The van der Waals surface area contributed by atoms with E-state index in [0.717, 1.165) is 5.52 Å². The number of carbonyl (C=O) groups excluding carboxylic acids is 2. The molecule has 1 aromatic carbocycles. The fourth-order valence-corrected chi connectivity index (χ4v) is 1.58. The van der Waals surface area contributed by atoms with Gasteiger partial charge in [0.25, 0.3) is 0 Å². The Hall–Kier alpha value is -2.30. The summed E-state index contributed by atoms with van der Waals surface area (Å²) >= 11 is 0. The zero-order chi connectivity index (χ0) is 12.4. The molecule has 0 radical (unpaired) electrons. The molecule has 5 nitrogen and oxygen atoms in total. The van der Waals surface area contributed by atoms with Gasteiger partial charge in [0.1, 0.15) is 0 Å². The highest BCUT2D eigenvalue weighted by Crippen LogP contribution is 2.26. The number of H-pyrrole nitrogens is 1. The number of benzene rings is 1. The van der Waals surface area contributed by atoms with Gasteiger partial charge >= 0.3 is 11.9 Å². The maximum Gasteiger partial charge on any atom is 0.337 e. The molecule has 1 heterocycles. The molecule has 17 heavy (non-hydrogen) atoms. The number of nitrogens with one attached hydrogen (secondary N) is 1. The lowest BCUT2D eigenvalue weighted by atomic mass is 10.1. The van der Waals surface area contributed by atoms with Gasteiger partial charge in [-0.1, -0.05) is 0 Å². The number of esters is 2. The molecular formula is C12H11NO4. The van der Waals surface area contributed by atoms with E-state index in [4.69, 9.17) is 4.74 Å². The number of aromatic amines is 1. The lowest BCUT2D eigenvalue weighted by Crippen LogP contribution is -2.02. The molecule has 0 bridgehead atoms. The van der Waals surface area contributed by atoms with Gasteiger partial charge in [0.05, 0.1) is 12.7 Å². The minimum atomic E-state index is -0.429. The molecule has 0 fully saturated rings. The van der Waals surface area contributed by atoms with Crippen molar-refractivity contribution in [2.45, 2.75) is 6.92 Å². The van der Waals surface area contributed by atoms with Crippen molar-refractivity contribution in [3.63, 3.8) is 0 Å². The summed E-state index contributed by atoms with van der Waals surface area (Å²) in [7, 11) is 1.32. The monoisotopic (exact) mass is 233 g/mol. The highest BCUT2D eigenvalue weighted by molar-refractivity contribution is 5.97. The van der Waals surface area contributed by atoms with Gasteiger partial charge in [-0.25, -0.2) is 4.79 Å². The summed E-state index contributed by atoms with van der Waals surface area (Å²) in [5.41, 5.74) is 1.20. The fraction of sp³-hybridized carbons (Fsp3) is 0.167. The van der Waals surface area contributed by atoms with Crippen LogP contribution in [0.3, 0.4) is 0 Å². The molecule has 2 aromatic rings. The fourth-order valence-electron chi connectivity index (χ4n) is 1.58. The molecule has 88 valence electrons. The van der Waals surface area contributed by atoms with E-state index in [1.54, 1.807) is 24.4 Å². The second kappa shape index (κ2) is 4.29. The maximum absolute atomic E-state index is 11.4. The topological polar surface area (TPSA) is 68.4 Å². The highest BCUT2D eigenvalue weighted by atomic mass is 16.5. The largest absolute Gasteiger partial charge is 0.465 e. The van der Waals surface area contributed by atoms with Gasteiger partial charge in [-0.05, 0) is 18.2 Å². The van der Waals surface area contributed by atoms with E-state index in [0.29, 0.717) is 16.7 Å². The number of hydrogen-bond acceptors (Lipinski definition) is 4. The van der Waals surface area contributed by atoms with Gasteiger partial charge in [-0.3, -0.25) is 4.79 Å². The summed E-state index contributed by atoms with van der Waals surface area (Å²) in [5, 5.41) is 0.670. The van der Waals surface area contributed by atoms with Crippen LogP contribution in [0.15, 0.2) is 24.4 Å². The predicted molar refractivity (Wildman–Crippen MR) is 60.9 cm³/mol. The molecule has 1 aromatic heterocycles. The summed E-state index contributed by atoms with van der Waals surface area (Å²) in [4.78, 5) is 25.2. The first kappa shape index (κ1) is 11.2. The molecular weight excluding hydrogens is 222 g/mol. The average Bonchev–Trinajstić information content (AvgIpc) is 2.70. The van der Waals surface area contributed by atoms with Crippen LogP contribution < -0.4 is 4.74 Å². The predicted octanol–water partition coefficient (Wildman–Crippen LogP) is 1.88. The van der Waals surface area contributed by atoms with E-state index in [-0.39, 0.29) is 0 Å². The number of hydrogen-bond donors (Lipinski definition) is 1. The van der Waals surface area contributed by atoms with Crippen LogP contribution in [0.1, 0.15) is 17.3 Å². The summed E-state index contributed by atoms with van der Waals surface area (Å²) < 4.78 is 9.64. The summed E-state index contributed by atoms with van der Waals surface area (Å²) in [6, 6.07) is 4.99. The molecule has 5 heteroatoms. The average molecular weight is 233 g/mol. The third-order valence-electron chi connectivity index (χ3n) is 2.32. The Balaban J connectivity index is 2.50. The molecule has 0 saturated heterocycles. The summed E-state index contributed by atoms with van der Waals surface area (Å²) in [6.07, 6.45) is 1.58. The molecule has 0 amide bonds. The Bertz CT molecular complexity index is 585. The van der Waals surface area contributed by atoms with Crippen molar-refractivity contribution in [3.8, 4) is 5.75 Å². The van der Waals surface area contributed by atoms with Crippen LogP contribution in [0, 0.1) is 0 Å². The quantitative estimate of drug-likeness (QED) is 0.804. The molecule has 1 N–H and O–H groups in total. The Labute approximate surface area is 97.3 Å². The smallest absolute Gasteiger partial charge is 0.337 e. The lowest BCUT2D eigenvalue weighted by Gasteiger charge is -2.01. The van der Waals surface area contributed by atoms with Crippen molar-refractivity contribution in [2.75, 3.05) is 7.11 Å². The van der Waals surface area contributed by atoms with E-state index in [1.165, 1.54) is 14.0 Å². The first-order chi connectivity index (χ1) is 8.11. The maximum atomic E-state index is 11.4. The minimum Gasteiger partial charge on any atom is -0.465 e. The zero-order valence-corrected chi connectivity index (χ0v) is 9.44. The Morgan fingerprint density at radius 2 is 2.06 bits per heavy atom. The van der Waals surface area contributed by atoms with Crippen LogP contribution in [0.2, 0.25) is 0 Å². The van der Waals surface area contributed by atoms with Crippen molar-refractivity contribution in [3.05, 3.63) is 30.0 Å². The van der Waals surface area contributed by atoms with E-state index >= 15 is 0 Å². The molecule has 0 aliphatic carbocycles. The minimum absolute atomic E-state index is 0.401. The summed E-state index contributed by atoms with van der Waals surface area (Å²) in [5.74, 6) is -0.436. The third-order valence-corrected chi connectivity index (χ3v) is 2.32. The third kappa shape index (κ3) is 2.13. The number of ether oxygens (including phenoxy) is 2. The standard InChI is InChI=1S/C12H11NO4/c1-7(14)17-11-6-13-10-4-3-8(5-9(10)11)12(15)16-2/h3-6,13H,1-2H3. The van der Waals surface area contributed by atoms with Gasteiger partial charge in [-0.2, -0.15) is 0 Å².